The van der Waals surface area contributed by atoms with Gasteiger partial charge in [-0.1, -0.05) is 11.6 Å². The van der Waals surface area contributed by atoms with Gasteiger partial charge in [0, 0.05) is 33.1 Å². The maximum Gasteiger partial charge on any atom is 0.243 e. The fourth-order valence-electron chi connectivity index (χ4n) is 2.59. The molecule has 1 aromatic rings. The van der Waals surface area contributed by atoms with Gasteiger partial charge in [-0.15, -0.1) is 0 Å². The number of carbonyl (C=O) groups is 1. The number of carbonyl (C=O) groups excluding carboxylic acids is 1. The minimum atomic E-state index is -3.65. The van der Waals surface area contributed by atoms with E-state index in [-0.39, 0.29) is 28.5 Å². The molecule has 24 heavy (non-hydrogen) atoms. The standard InChI is InChI=1S/C16H23ClN2O4S/c1-12(2)23-16-6-5-14(11-15(16)17)24(21,22)19-8-4-7-18(9-10-19)13(3)20/h5-6,11-12H,4,7-10H2,1-3H3. The lowest BCUT2D eigenvalue weighted by Crippen LogP contribution is -2.36. The molecule has 0 N–H and O–H groups in total. The fraction of sp³-hybridized carbons (Fsp3) is 0.562. The van der Waals surface area contributed by atoms with E-state index in [0.717, 1.165) is 0 Å². The Morgan fingerprint density at radius 3 is 2.50 bits per heavy atom. The molecule has 0 saturated carbocycles. The van der Waals surface area contributed by atoms with Crippen LogP contribution in [0.25, 0.3) is 0 Å². The van der Waals surface area contributed by atoms with Crippen LogP contribution in [0.4, 0.5) is 0 Å². The van der Waals surface area contributed by atoms with E-state index in [1.165, 1.54) is 23.4 Å². The predicted molar refractivity (Wildman–Crippen MR) is 92.8 cm³/mol. The molecule has 8 heteroatoms. The molecule has 2 rings (SSSR count). The number of sulfonamides is 1. The second kappa shape index (κ2) is 7.72. The Hall–Kier alpha value is -1.31. The molecule has 0 aliphatic carbocycles. The largest absolute Gasteiger partial charge is 0.489 e. The average molecular weight is 375 g/mol. The molecule has 0 spiro atoms. The van der Waals surface area contributed by atoms with Crippen molar-refractivity contribution in [3.8, 4) is 5.75 Å². The normalized spacial score (nSPS) is 17.0. The van der Waals surface area contributed by atoms with E-state index >= 15 is 0 Å². The number of nitrogens with zero attached hydrogens (tertiary/aromatic N) is 2. The minimum absolute atomic E-state index is 0.0347. The zero-order chi connectivity index (χ0) is 17.9. The summed E-state index contributed by atoms with van der Waals surface area (Å²) in [5.74, 6) is 0.428. The Labute approximate surface area is 148 Å². The van der Waals surface area contributed by atoms with Crippen LogP contribution in [0.2, 0.25) is 5.02 Å². The summed E-state index contributed by atoms with van der Waals surface area (Å²) in [5.41, 5.74) is 0. The monoisotopic (exact) mass is 374 g/mol. The van der Waals surface area contributed by atoms with E-state index in [4.69, 9.17) is 16.3 Å². The summed E-state index contributed by atoms with van der Waals surface area (Å²) in [6, 6.07) is 4.50. The molecule has 0 radical (unpaired) electrons. The number of amides is 1. The topological polar surface area (TPSA) is 66.9 Å². The minimum Gasteiger partial charge on any atom is -0.489 e. The lowest BCUT2D eigenvalue weighted by Gasteiger charge is -2.21. The van der Waals surface area contributed by atoms with Gasteiger partial charge in [-0.05, 0) is 38.5 Å². The Bertz CT molecular complexity index is 706. The molecule has 1 amide bonds. The average Bonchev–Trinajstić information content (AvgIpc) is 2.75. The van der Waals surface area contributed by atoms with Gasteiger partial charge in [-0.2, -0.15) is 4.31 Å². The molecule has 6 nitrogen and oxygen atoms in total. The number of ether oxygens (including phenoxy) is 1. The van der Waals surface area contributed by atoms with Crippen LogP contribution in [0.1, 0.15) is 27.2 Å². The lowest BCUT2D eigenvalue weighted by molar-refractivity contribution is -0.128. The zero-order valence-electron chi connectivity index (χ0n) is 14.2. The van der Waals surface area contributed by atoms with Gasteiger partial charge in [0.2, 0.25) is 15.9 Å². The van der Waals surface area contributed by atoms with Crippen molar-refractivity contribution in [1.29, 1.82) is 0 Å². The first-order valence-corrected chi connectivity index (χ1v) is 9.75. The molecule has 1 aliphatic heterocycles. The van der Waals surface area contributed by atoms with Gasteiger partial charge in [0.25, 0.3) is 0 Å². The van der Waals surface area contributed by atoms with Crippen LogP contribution in [-0.2, 0) is 14.8 Å². The van der Waals surface area contributed by atoms with Gasteiger partial charge < -0.3 is 9.64 Å². The van der Waals surface area contributed by atoms with E-state index in [1.54, 1.807) is 11.0 Å². The van der Waals surface area contributed by atoms with E-state index in [2.05, 4.69) is 0 Å². The number of halogens is 1. The summed E-state index contributed by atoms with van der Waals surface area (Å²) in [5, 5.41) is 0.268. The van der Waals surface area contributed by atoms with Crippen molar-refractivity contribution in [2.24, 2.45) is 0 Å². The highest BCUT2D eigenvalue weighted by molar-refractivity contribution is 7.89. The third-order valence-electron chi connectivity index (χ3n) is 3.80. The van der Waals surface area contributed by atoms with Crippen molar-refractivity contribution >= 4 is 27.5 Å². The van der Waals surface area contributed by atoms with Crippen LogP contribution >= 0.6 is 11.6 Å². The van der Waals surface area contributed by atoms with Crippen molar-refractivity contribution < 1.29 is 17.9 Å². The van der Waals surface area contributed by atoms with Crippen molar-refractivity contribution in [2.45, 2.75) is 38.2 Å². The highest BCUT2D eigenvalue weighted by Crippen LogP contribution is 2.29. The predicted octanol–water partition coefficient (Wildman–Crippen LogP) is 2.37. The van der Waals surface area contributed by atoms with Crippen LogP contribution in [0.3, 0.4) is 0 Å². The summed E-state index contributed by atoms with van der Waals surface area (Å²) < 4.78 is 32.6. The maximum absolute atomic E-state index is 12.8. The van der Waals surface area contributed by atoms with Gasteiger partial charge >= 0.3 is 0 Å². The third kappa shape index (κ3) is 4.40. The Kier molecular flexibility index (Phi) is 6.11. The van der Waals surface area contributed by atoms with Crippen LogP contribution in [0.15, 0.2) is 23.1 Å². The second-order valence-electron chi connectivity index (χ2n) is 6.02. The molecule has 0 bridgehead atoms. The van der Waals surface area contributed by atoms with Gasteiger partial charge in [0.1, 0.15) is 5.75 Å². The summed E-state index contributed by atoms with van der Waals surface area (Å²) >= 11 is 6.15. The molecule has 1 heterocycles. The van der Waals surface area contributed by atoms with E-state index in [0.29, 0.717) is 31.8 Å². The molecular formula is C16H23ClN2O4S. The molecule has 0 aromatic heterocycles. The number of hydrogen-bond acceptors (Lipinski definition) is 4. The molecule has 134 valence electrons. The maximum atomic E-state index is 12.8. The molecule has 1 saturated heterocycles. The molecule has 1 aliphatic rings. The van der Waals surface area contributed by atoms with Crippen molar-refractivity contribution in [3.05, 3.63) is 23.2 Å². The molecule has 1 aromatic carbocycles. The SMILES string of the molecule is CC(=O)N1CCCN(S(=O)(=O)c2ccc(OC(C)C)c(Cl)c2)CC1. The third-order valence-corrected chi connectivity index (χ3v) is 5.99. The second-order valence-corrected chi connectivity index (χ2v) is 8.37. The van der Waals surface area contributed by atoms with Gasteiger partial charge in [0.05, 0.1) is 16.0 Å². The van der Waals surface area contributed by atoms with Gasteiger partial charge in [0.15, 0.2) is 0 Å². The number of rotatable bonds is 4. The molecule has 1 fully saturated rings. The van der Waals surface area contributed by atoms with Gasteiger partial charge in [-0.3, -0.25) is 4.79 Å². The number of benzene rings is 1. The van der Waals surface area contributed by atoms with Crippen LogP contribution in [-0.4, -0.2) is 55.8 Å². The highest BCUT2D eigenvalue weighted by Gasteiger charge is 2.28. The summed E-state index contributed by atoms with van der Waals surface area (Å²) in [6.45, 7) is 6.88. The fourth-order valence-corrected chi connectivity index (χ4v) is 4.38. The van der Waals surface area contributed by atoms with Gasteiger partial charge in [-0.25, -0.2) is 8.42 Å². The highest BCUT2D eigenvalue weighted by atomic mass is 35.5. The quantitative estimate of drug-likeness (QED) is 0.811. The molecular weight excluding hydrogens is 352 g/mol. The van der Waals surface area contributed by atoms with Crippen molar-refractivity contribution in [1.82, 2.24) is 9.21 Å². The summed E-state index contributed by atoms with van der Waals surface area (Å²) in [7, 11) is -3.65. The Morgan fingerprint density at radius 1 is 1.21 bits per heavy atom. The zero-order valence-corrected chi connectivity index (χ0v) is 15.7. The first-order valence-electron chi connectivity index (χ1n) is 7.93. The van der Waals surface area contributed by atoms with E-state index in [9.17, 15) is 13.2 Å². The number of hydrogen-bond donors (Lipinski definition) is 0. The smallest absolute Gasteiger partial charge is 0.243 e. The van der Waals surface area contributed by atoms with Crippen LogP contribution in [0, 0.1) is 0 Å². The summed E-state index contributed by atoms with van der Waals surface area (Å²) in [4.78, 5) is 13.3. The van der Waals surface area contributed by atoms with E-state index in [1.807, 2.05) is 13.8 Å². The summed E-state index contributed by atoms with van der Waals surface area (Å²) in [6.07, 6.45) is 0.564. The first kappa shape index (κ1) is 19.0. The van der Waals surface area contributed by atoms with E-state index < -0.39 is 10.0 Å². The molecule has 0 atom stereocenters. The van der Waals surface area contributed by atoms with Crippen molar-refractivity contribution in [2.75, 3.05) is 26.2 Å². The van der Waals surface area contributed by atoms with Crippen LogP contribution < -0.4 is 4.74 Å². The Morgan fingerprint density at radius 2 is 1.92 bits per heavy atom. The lowest BCUT2D eigenvalue weighted by atomic mass is 10.3. The van der Waals surface area contributed by atoms with Crippen LogP contribution in [0.5, 0.6) is 5.75 Å². The Balaban J connectivity index is 2.21. The first-order chi connectivity index (χ1) is 11.2. The van der Waals surface area contributed by atoms with Crippen molar-refractivity contribution in [3.63, 3.8) is 0 Å². The molecule has 0 unspecified atom stereocenters.